The molecular formula is C11H10N2O3. The first-order chi connectivity index (χ1) is 7.50. The Morgan fingerprint density at radius 2 is 2.12 bits per heavy atom. The minimum atomic E-state index is -0.296. The molecule has 0 aliphatic heterocycles. The van der Waals surface area contributed by atoms with Crippen LogP contribution in [-0.4, -0.2) is 20.4 Å². The Morgan fingerprint density at radius 1 is 1.44 bits per heavy atom. The Morgan fingerprint density at radius 3 is 2.75 bits per heavy atom. The second-order valence-corrected chi connectivity index (χ2v) is 3.56. The molecule has 0 fully saturated rings. The lowest BCUT2D eigenvalue weighted by atomic mass is 10.2. The van der Waals surface area contributed by atoms with E-state index in [4.69, 9.17) is 0 Å². The van der Waals surface area contributed by atoms with E-state index in [2.05, 4.69) is 4.98 Å². The molecule has 0 saturated carbocycles. The highest BCUT2D eigenvalue weighted by molar-refractivity contribution is 5.92. The van der Waals surface area contributed by atoms with Crippen LogP contribution in [0.15, 0.2) is 23.0 Å². The number of ketones is 1. The van der Waals surface area contributed by atoms with Gasteiger partial charge in [0.15, 0.2) is 11.6 Å². The maximum absolute atomic E-state index is 11.9. The fraction of sp³-hybridized carbons (Fsp3) is 0.182. The van der Waals surface area contributed by atoms with Crippen molar-refractivity contribution in [2.24, 2.45) is 7.05 Å². The predicted molar refractivity (Wildman–Crippen MR) is 58.7 cm³/mol. The molecule has 0 bridgehead atoms. The highest BCUT2D eigenvalue weighted by Crippen LogP contribution is 2.15. The average Bonchev–Trinajstić information content (AvgIpc) is 2.22. The molecule has 0 aliphatic carbocycles. The van der Waals surface area contributed by atoms with Crippen LogP contribution in [0.1, 0.15) is 17.5 Å². The number of carbonyl (C=O) groups is 1. The third-order valence-corrected chi connectivity index (χ3v) is 2.38. The molecule has 0 unspecified atom stereocenters. The number of benzene rings is 1. The lowest BCUT2D eigenvalue weighted by Gasteiger charge is -2.06. The van der Waals surface area contributed by atoms with E-state index >= 15 is 0 Å². The number of fused-ring (bicyclic) bond motifs is 1. The third-order valence-electron chi connectivity index (χ3n) is 2.38. The van der Waals surface area contributed by atoms with Crippen molar-refractivity contribution in [1.82, 2.24) is 9.55 Å². The van der Waals surface area contributed by atoms with Crippen molar-refractivity contribution >= 4 is 16.7 Å². The summed E-state index contributed by atoms with van der Waals surface area (Å²) in [6.07, 6.45) is 0. The van der Waals surface area contributed by atoms with Crippen LogP contribution in [0.2, 0.25) is 0 Å². The molecule has 2 rings (SSSR count). The van der Waals surface area contributed by atoms with E-state index in [1.807, 2.05) is 0 Å². The Bertz CT molecular complexity index is 643. The molecule has 5 nitrogen and oxygen atoms in total. The van der Waals surface area contributed by atoms with Crippen molar-refractivity contribution in [3.05, 3.63) is 34.4 Å². The summed E-state index contributed by atoms with van der Waals surface area (Å²) in [4.78, 5) is 27.2. The summed E-state index contributed by atoms with van der Waals surface area (Å²) >= 11 is 0. The van der Waals surface area contributed by atoms with Gasteiger partial charge in [-0.1, -0.05) is 0 Å². The number of rotatable bonds is 1. The SMILES string of the molecule is CC(=O)c1nc2cc(O)ccc2c(=O)n1C. The molecule has 1 aromatic carbocycles. The number of phenols is 1. The average molecular weight is 218 g/mol. The number of phenolic OH excluding ortho intramolecular Hbond substituents is 1. The quantitative estimate of drug-likeness (QED) is 0.720. The Labute approximate surface area is 91.0 Å². The minimum Gasteiger partial charge on any atom is -0.508 e. The van der Waals surface area contributed by atoms with Gasteiger partial charge in [-0.05, 0) is 12.1 Å². The van der Waals surface area contributed by atoms with Gasteiger partial charge < -0.3 is 5.11 Å². The van der Waals surface area contributed by atoms with Crippen LogP contribution in [-0.2, 0) is 7.05 Å². The van der Waals surface area contributed by atoms with Crippen LogP contribution < -0.4 is 5.56 Å². The van der Waals surface area contributed by atoms with Crippen LogP contribution in [0.25, 0.3) is 10.9 Å². The molecule has 82 valence electrons. The number of hydrogen-bond donors (Lipinski definition) is 1. The molecule has 0 atom stereocenters. The van der Waals surface area contributed by atoms with E-state index in [-0.39, 0.29) is 22.9 Å². The van der Waals surface area contributed by atoms with Gasteiger partial charge in [-0.15, -0.1) is 0 Å². The van der Waals surface area contributed by atoms with E-state index in [1.165, 1.54) is 36.7 Å². The van der Waals surface area contributed by atoms with Crippen molar-refractivity contribution in [1.29, 1.82) is 0 Å². The standard InChI is InChI=1S/C11H10N2O3/c1-6(14)10-12-9-5-7(15)3-4-8(9)11(16)13(10)2/h3-5,15H,1-2H3. The maximum Gasteiger partial charge on any atom is 0.261 e. The summed E-state index contributed by atoms with van der Waals surface area (Å²) in [5.41, 5.74) is 0.0310. The first-order valence-electron chi connectivity index (χ1n) is 4.71. The molecule has 0 amide bonds. The van der Waals surface area contributed by atoms with Crippen LogP contribution >= 0.6 is 0 Å². The summed E-state index contributed by atoms with van der Waals surface area (Å²) < 4.78 is 1.21. The van der Waals surface area contributed by atoms with E-state index in [0.29, 0.717) is 10.9 Å². The summed E-state index contributed by atoms with van der Waals surface area (Å²) in [5, 5.41) is 9.67. The highest BCUT2D eigenvalue weighted by Gasteiger charge is 2.11. The molecule has 2 aromatic rings. The Kier molecular flexibility index (Phi) is 2.23. The van der Waals surface area contributed by atoms with Gasteiger partial charge in [-0.25, -0.2) is 4.98 Å². The van der Waals surface area contributed by atoms with Crippen molar-refractivity contribution in [2.75, 3.05) is 0 Å². The predicted octanol–water partition coefficient (Wildman–Crippen LogP) is 0.842. The zero-order valence-corrected chi connectivity index (χ0v) is 8.89. The highest BCUT2D eigenvalue weighted by atomic mass is 16.3. The first-order valence-corrected chi connectivity index (χ1v) is 4.71. The van der Waals surface area contributed by atoms with Crippen LogP contribution in [0.4, 0.5) is 0 Å². The van der Waals surface area contributed by atoms with Gasteiger partial charge in [0, 0.05) is 20.0 Å². The van der Waals surface area contributed by atoms with Crippen LogP contribution in [0, 0.1) is 0 Å². The number of aromatic nitrogens is 2. The molecule has 16 heavy (non-hydrogen) atoms. The van der Waals surface area contributed by atoms with Crippen molar-refractivity contribution in [3.63, 3.8) is 0 Å². The fourth-order valence-corrected chi connectivity index (χ4v) is 1.57. The molecule has 0 radical (unpaired) electrons. The molecule has 1 heterocycles. The second-order valence-electron chi connectivity index (χ2n) is 3.56. The monoisotopic (exact) mass is 218 g/mol. The van der Waals surface area contributed by atoms with Crippen LogP contribution in [0.3, 0.4) is 0 Å². The second kappa shape index (κ2) is 3.44. The van der Waals surface area contributed by atoms with Gasteiger partial charge in [0.25, 0.3) is 5.56 Å². The molecule has 0 spiro atoms. The number of nitrogens with zero attached hydrogens (tertiary/aromatic N) is 2. The number of Topliss-reactive ketones (excluding diaryl/α,β-unsaturated/α-hetero) is 1. The van der Waals surface area contributed by atoms with E-state index in [9.17, 15) is 14.7 Å². The summed E-state index contributed by atoms with van der Waals surface area (Å²) in [6, 6.07) is 4.27. The lowest BCUT2D eigenvalue weighted by Crippen LogP contribution is -2.24. The van der Waals surface area contributed by atoms with Crippen molar-refractivity contribution < 1.29 is 9.90 Å². The number of hydrogen-bond acceptors (Lipinski definition) is 4. The lowest BCUT2D eigenvalue weighted by molar-refractivity contribution is 0.0999. The molecule has 1 aromatic heterocycles. The van der Waals surface area contributed by atoms with Gasteiger partial charge in [0.2, 0.25) is 0 Å². The van der Waals surface area contributed by atoms with E-state index in [1.54, 1.807) is 0 Å². The molecule has 0 saturated heterocycles. The number of aromatic hydroxyl groups is 1. The summed E-state index contributed by atoms with van der Waals surface area (Å²) in [6.45, 7) is 1.34. The fourth-order valence-electron chi connectivity index (χ4n) is 1.57. The minimum absolute atomic E-state index is 0.0164. The zero-order valence-electron chi connectivity index (χ0n) is 8.89. The van der Waals surface area contributed by atoms with Gasteiger partial charge in [0.1, 0.15) is 5.75 Å². The summed E-state index contributed by atoms with van der Waals surface area (Å²) in [5.74, 6) is -0.185. The van der Waals surface area contributed by atoms with E-state index < -0.39 is 0 Å². The smallest absolute Gasteiger partial charge is 0.261 e. The van der Waals surface area contributed by atoms with Crippen LogP contribution in [0.5, 0.6) is 5.75 Å². The first kappa shape index (κ1) is 10.4. The van der Waals surface area contributed by atoms with E-state index in [0.717, 1.165) is 0 Å². The van der Waals surface area contributed by atoms with Gasteiger partial charge in [-0.3, -0.25) is 14.2 Å². The van der Waals surface area contributed by atoms with Gasteiger partial charge in [0.05, 0.1) is 10.9 Å². The topological polar surface area (TPSA) is 72.2 Å². The number of carbonyl (C=O) groups excluding carboxylic acids is 1. The largest absolute Gasteiger partial charge is 0.508 e. The normalized spacial score (nSPS) is 10.6. The Hall–Kier alpha value is -2.17. The molecular weight excluding hydrogens is 208 g/mol. The molecule has 0 aliphatic rings. The van der Waals surface area contributed by atoms with Gasteiger partial charge in [-0.2, -0.15) is 0 Å². The van der Waals surface area contributed by atoms with Crippen molar-refractivity contribution in [2.45, 2.75) is 6.92 Å². The maximum atomic E-state index is 11.9. The Balaban J connectivity index is 2.94. The molecule has 1 N–H and O–H groups in total. The van der Waals surface area contributed by atoms with Crippen molar-refractivity contribution in [3.8, 4) is 5.75 Å². The third kappa shape index (κ3) is 1.46. The molecule has 5 heteroatoms. The zero-order chi connectivity index (χ0) is 11.9. The van der Waals surface area contributed by atoms with Gasteiger partial charge >= 0.3 is 0 Å². The summed E-state index contributed by atoms with van der Waals surface area (Å²) in [7, 11) is 1.50.